The number of nitrogens with one attached hydrogen (secondary N) is 1. The SMILES string of the molecule is CC(C)(C)[C@H]1CCc2c(sc(N=Cc3ccc(N4CCCCC4)o3)c2C(=O)NCc2ccco2)C1. The molecule has 1 N–H and O–H groups in total. The van der Waals surface area contributed by atoms with Crippen LogP contribution in [-0.2, 0) is 19.4 Å². The summed E-state index contributed by atoms with van der Waals surface area (Å²) in [6.45, 7) is 9.37. The molecular formula is C28H35N3O3S. The molecule has 186 valence electrons. The zero-order chi connectivity index (χ0) is 24.4. The zero-order valence-corrected chi connectivity index (χ0v) is 21.7. The Kier molecular flexibility index (Phi) is 6.87. The number of hydrogen-bond acceptors (Lipinski definition) is 6. The number of carbonyl (C=O) groups is 1. The smallest absolute Gasteiger partial charge is 0.255 e. The van der Waals surface area contributed by atoms with Crippen molar-refractivity contribution in [2.24, 2.45) is 16.3 Å². The highest BCUT2D eigenvalue weighted by molar-refractivity contribution is 7.16. The summed E-state index contributed by atoms with van der Waals surface area (Å²) < 4.78 is 11.5. The monoisotopic (exact) mass is 493 g/mol. The minimum atomic E-state index is -0.0892. The van der Waals surface area contributed by atoms with Crippen LogP contribution in [0.15, 0.2) is 44.4 Å². The van der Waals surface area contributed by atoms with E-state index in [2.05, 4.69) is 31.0 Å². The number of piperidine rings is 1. The third-order valence-electron chi connectivity index (χ3n) is 7.29. The molecule has 3 aromatic heterocycles. The molecule has 1 amide bonds. The van der Waals surface area contributed by atoms with Gasteiger partial charge in [0.15, 0.2) is 5.88 Å². The molecule has 1 aliphatic carbocycles. The van der Waals surface area contributed by atoms with Crippen molar-refractivity contribution in [1.29, 1.82) is 0 Å². The van der Waals surface area contributed by atoms with Gasteiger partial charge < -0.3 is 19.1 Å². The first kappa shape index (κ1) is 23.9. The molecule has 2 aliphatic rings. The second-order valence-electron chi connectivity index (χ2n) is 10.7. The first-order chi connectivity index (χ1) is 16.9. The third kappa shape index (κ3) is 5.40. The van der Waals surface area contributed by atoms with Crippen LogP contribution in [0.4, 0.5) is 10.9 Å². The molecule has 1 aliphatic heterocycles. The maximum atomic E-state index is 13.3. The summed E-state index contributed by atoms with van der Waals surface area (Å²) in [7, 11) is 0. The van der Waals surface area contributed by atoms with Crippen LogP contribution >= 0.6 is 11.3 Å². The fourth-order valence-corrected chi connectivity index (χ4v) is 6.39. The fraction of sp³-hybridized carbons (Fsp3) is 0.500. The van der Waals surface area contributed by atoms with Crippen LogP contribution in [0.25, 0.3) is 0 Å². The number of hydrogen-bond donors (Lipinski definition) is 1. The van der Waals surface area contributed by atoms with E-state index in [1.807, 2.05) is 24.3 Å². The summed E-state index contributed by atoms with van der Waals surface area (Å²) in [4.78, 5) is 21.7. The molecular weight excluding hydrogens is 458 g/mol. The Balaban J connectivity index is 1.40. The van der Waals surface area contributed by atoms with E-state index in [1.165, 1.54) is 24.1 Å². The molecule has 5 rings (SSSR count). The molecule has 1 atom stereocenters. The largest absolute Gasteiger partial charge is 0.467 e. The van der Waals surface area contributed by atoms with Crippen molar-refractivity contribution in [2.45, 2.75) is 65.8 Å². The van der Waals surface area contributed by atoms with Gasteiger partial charge in [0.2, 0.25) is 0 Å². The Bertz CT molecular complexity index is 1180. The van der Waals surface area contributed by atoms with Gasteiger partial charge in [0.1, 0.15) is 16.5 Å². The summed E-state index contributed by atoms with van der Waals surface area (Å²) in [5, 5.41) is 3.80. The van der Waals surface area contributed by atoms with E-state index >= 15 is 0 Å². The van der Waals surface area contributed by atoms with Crippen LogP contribution in [-0.4, -0.2) is 25.2 Å². The Hall–Kier alpha value is -2.80. The van der Waals surface area contributed by atoms with Gasteiger partial charge in [-0.2, -0.15) is 0 Å². The molecule has 0 radical (unpaired) electrons. The quantitative estimate of drug-likeness (QED) is 0.385. The first-order valence-electron chi connectivity index (χ1n) is 12.7. The zero-order valence-electron chi connectivity index (χ0n) is 20.9. The standard InChI is InChI=1S/C28H35N3O3S/c1-28(2,3)19-9-11-22-23(16-19)35-27(25(22)26(32)29-17-20-8-7-15-33-20)30-18-21-10-12-24(34-21)31-13-5-4-6-14-31/h7-8,10,12,15,18-19H,4-6,9,11,13-14,16-17H2,1-3H3,(H,29,32)/t19-/m0/s1. The van der Waals surface area contributed by atoms with Gasteiger partial charge in [0, 0.05) is 24.0 Å². The van der Waals surface area contributed by atoms with Gasteiger partial charge in [0.25, 0.3) is 5.91 Å². The minimum Gasteiger partial charge on any atom is -0.467 e. The van der Waals surface area contributed by atoms with Gasteiger partial charge in [-0.15, -0.1) is 11.3 Å². The molecule has 0 saturated carbocycles. The van der Waals surface area contributed by atoms with Crippen LogP contribution in [0.3, 0.4) is 0 Å². The van der Waals surface area contributed by atoms with Crippen molar-refractivity contribution in [3.8, 4) is 0 Å². The van der Waals surface area contributed by atoms with Crippen LogP contribution in [0, 0.1) is 11.3 Å². The van der Waals surface area contributed by atoms with E-state index in [0.29, 0.717) is 23.8 Å². The molecule has 4 heterocycles. The Morgan fingerprint density at radius 1 is 1.23 bits per heavy atom. The van der Waals surface area contributed by atoms with E-state index in [-0.39, 0.29) is 11.3 Å². The Morgan fingerprint density at radius 2 is 2.06 bits per heavy atom. The lowest BCUT2D eigenvalue weighted by atomic mass is 9.72. The summed E-state index contributed by atoms with van der Waals surface area (Å²) in [6, 6.07) is 7.69. The summed E-state index contributed by atoms with van der Waals surface area (Å²) >= 11 is 1.65. The number of aliphatic imine (C=N–C) groups is 1. The normalized spacial score (nSPS) is 18.7. The van der Waals surface area contributed by atoms with Crippen molar-refractivity contribution in [1.82, 2.24) is 5.32 Å². The molecule has 0 bridgehead atoms. The Morgan fingerprint density at radius 3 is 2.80 bits per heavy atom. The Labute approximate surface area is 211 Å². The van der Waals surface area contributed by atoms with E-state index in [1.54, 1.807) is 23.8 Å². The number of fused-ring (bicyclic) bond motifs is 1. The van der Waals surface area contributed by atoms with Crippen molar-refractivity contribution < 1.29 is 13.6 Å². The maximum Gasteiger partial charge on any atom is 0.255 e. The number of amides is 1. The lowest BCUT2D eigenvalue weighted by Gasteiger charge is -2.33. The molecule has 35 heavy (non-hydrogen) atoms. The highest BCUT2D eigenvalue weighted by atomic mass is 32.1. The van der Waals surface area contributed by atoms with Gasteiger partial charge in [0.05, 0.1) is 24.6 Å². The molecule has 0 aromatic carbocycles. The highest BCUT2D eigenvalue weighted by Crippen LogP contribution is 2.45. The molecule has 3 aromatic rings. The van der Waals surface area contributed by atoms with Crippen molar-refractivity contribution in [2.75, 3.05) is 18.0 Å². The summed E-state index contributed by atoms with van der Waals surface area (Å²) in [5.41, 5.74) is 2.11. The molecule has 0 unspecified atom stereocenters. The van der Waals surface area contributed by atoms with Gasteiger partial charge in [-0.05, 0) is 73.6 Å². The summed E-state index contributed by atoms with van der Waals surface area (Å²) in [5.74, 6) is 2.86. The first-order valence-corrected chi connectivity index (χ1v) is 13.5. The predicted molar refractivity (Wildman–Crippen MR) is 141 cm³/mol. The van der Waals surface area contributed by atoms with E-state index < -0.39 is 0 Å². The minimum absolute atomic E-state index is 0.0892. The predicted octanol–water partition coefficient (Wildman–Crippen LogP) is 6.76. The number of furan rings is 2. The number of anilines is 1. The number of thiophene rings is 1. The van der Waals surface area contributed by atoms with E-state index in [9.17, 15) is 4.79 Å². The summed E-state index contributed by atoms with van der Waals surface area (Å²) in [6.07, 6.45) is 10.1. The van der Waals surface area contributed by atoms with Gasteiger partial charge >= 0.3 is 0 Å². The number of rotatable bonds is 6. The average molecular weight is 494 g/mol. The molecule has 7 heteroatoms. The van der Waals surface area contributed by atoms with E-state index in [0.717, 1.165) is 54.6 Å². The highest BCUT2D eigenvalue weighted by Gasteiger charge is 2.33. The van der Waals surface area contributed by atoms with Crippen LogP contribution < -0.4 is 10.2 Å². The molecule has 1 saturated heterocycles. The molecule has 0 spiro atoms. The van der Waals surface area contributed by atoms with Gasteiger partial charge in [-0.1, -0.05) is 20.8 Å². The lowest BCUT2D eigenvalue weighted by molar-refractivity contribution is 0.0947. The topological polar surface area (TPSA) is 71.0 Å². The van der Waals surface area contributed by atoms with Crippen LogP contribution in [0.2, 0.25) is 0 Å². The number of carbonyl (C=O) groups excluding carboxylic acids is 1. The second-order valence-corrected chi connectivity index (χ2v) is 11.8. The van der Waals surface area contributed by atoms with Crippen molar-refractivity contribution in [3.05, 3.63) is 58.1 Å². The maximum absolute atomic E-state index is 13.3. The van der Waals surface area contributed by atoms with Crippen LogP contribution in [0.5, 0.6) is 0 Å². The van der Waals surface area contributed by atoms with E-state index in [4.69, 9.17) is 13.8 Å². The fourth-order valence-electron chi connectivity index (χ4n) is 5.12. The average Bonchev–Trinajstić information content (AvgIpc) is 3.60. The second kappa shape index (κ2) is 10.1. The molecule has 6 nitrogen and oxygen atoms in total. The van der Waals surface area contributed by atoms with Gasteiger partial charge in [-0.25, -0.2) is 4.99 Å². The lowest BCUT2D eigenvalue weighted by Crippen LogP contribution is -2.28. The molecule has 1 fully saturated rings. The van der Waals surface area contributed by atoms with Crippen molar-refractivity contribution in [3.63, 3.8) is 0 Å². The third-order valence-corrected chi connectivity index (χ3v) is 8.45. The van der Waals surface area contributed by atoms with Crippen LogP contribution in [0.1, 0.15) is 78.8 Å². The van der Waals surface area contributed by atoms with Crippen molar-refractivity contribution >= 4 is 34.3 Å². The number of nitrogens with zero attached hydrogens (tertiary/aromatic N) is 2. The van der Waals surface area contributed by atoms with Gasteiger partial charge in [-0.3, -0.25) is 4.79 Å².